The molecule has 1 aromatic heterocycles. The van der Waals surface area contributed by atoms with Crippen molar-refractivity contribution < 1.29 is 27.8 Å². The third-order valence-corrected chi connectivity index (χ3v) is 5.98. The molecule has 0 saturated carbocycles. The summed E-state index contributed by atoms with van der Waals surface area (Å²) in [7, 11) is 0. The molecule has 0 spiro atoms. The van der Waals surface area contributed by atoms with Crippen LogP contribution in [0.25, 0.3) is 16.8 Å². The lowest BCUT2D eigenvalue weighted by atomic mass is 9.99. The van der Waals surface area contributed by atoms with Crippen LogP contribution < -0.4 is 4.74 Å². The predicted molar refractivity (Wildman–Crippen MR) is 131 cm³/mol. The van der Waals surface area contributed by atoms with Crippen molar-refractivity contribution in [2.24, 2.45) is 0 Å². The van der Waals surface area contributed by atoms with Crippen molar-refractivity contribution in [2.75, 3.05) is 0 Å². The van der Waals surface area contributed by atoms with Crippen molar-refractivity contribution >= 4 is 5.97 Å². The van der Waals surface area contributed by atoms with Crippen molar-refractivity contribution in [3.8, 4) is 22.6 Å². The van der Waals surface area contributed by atoms with E-state index in [0.717, 1.165) is 28.3 Å². The van der Waals surface area contributed by atoms with Gasteiger partial charge in [-0.25, -0.2) is 9.48 Å². The van der Waals surface area contributed by atoms with E-state index >= 15 is 0 Å². The molecule has 0 aliphatic carbocycles. The maximum atomic E-state index is 13.7. The Balaban J connectivity index is 1.63. The van der Waals surface area contributed by atoms with Crippen molar-refractivity contribution in [1.82, 2.24) is 9.78 Å². The third kappa shape index (κ3) is 5.12. The molecule has 5 nitrogen and oxygen atoms in total. The topological polar surface area (TPSA) is 64.4 Å². The second-order valence-electron chi connectivity index (χ2n) is 8.78. The number of alkyl halides is 3. The van der Waals surface area contributed by atoms with Gasteiger partial charge in [0.25, 0.3) is 0 Å². The molecule has 0 fully saturated rings. The van der Waals surface area contributed by atoms with E-state index in [9.17, 15) is 18.0 Å². The minimum atomic E-state index is -4.52. The molecule has 1 heterocycles. The first-order valence-electron chi connectivity index (χ1n) is 11.4. The number of aryl methyl sites for hydroxylation is 1. The smallest absolute Gasteiger partial charge is 0.418 e. The van der Waals surface area contributed by atoms with E-state index < -0.39 is 17.7 Å². The fourth-order valence-corrected chi connectivity index (χ4v) is 4.11. The monoisotopic (exact) mass is 494 g/mol. The number of nitrogens with zero attached hydrogens (tertiary/aromatic N) is 2. The van der Waals surface area contributed by atoms with E-state index in [4.69, 9.17) is 9.84 Å². The SMILES string of the molecule is Cc1cc(OCc2c(C(C)C)cnn2-c2ccccc2C(F)(F)F)ccc1-c1ccc(C(=O)O)cc1. The minimum Gasteiger partial charge on any atom is -0.487 e. The quantitative estimate of drug-likeness (QED) is 0.294. The lowest BCUT2D eigenvalue weighted by Gasteiger charge is -2.17. The first-order valence-corrected chi connectivity index (χ1v) is 11.4. The molecule has 0 aliphatic heterocycles. The molecule has 0 saturated heterocycles. The van der Waals surface area contributed by atoms with Gasteiger partial charge in [0.15, 0.2) is 0 Å². The number of benzene rings is 3. The van der Waals surface area contributed by atoms with E-state index in [1.54, 1.807) is 42.6 Å². The van der Waals surface area contributed by atoms with Crippen molar-refractivity contribution in [3.05, 3.63) is 101 Å². The van der Waals surface area contributed by atoms with E-state index in [0.29, 0.717) is 11.4 Å². The third-order valence-electron chi connectivity index (χ3n) is 5.98. The highest BCUT2D eigenvalue weighted by Crippen LogP contribution is 2.35. The van der Waals surface area contributed by atoms with Crippen LogP contribution in [0.5, 0.6) is 5.75 Å². The number of halogens is 3. The summed E-state index contributed by atoms with van der Waals surface area (Å²) in [6.07, 6.45) is -2.93. The Labute approximate surface area is 206 Å². The van der Waals surface area contributed by atoms with Crippen LogP contribution in [0.4, 0.5) is 13.2 Å². The van der Waals surface area contributed by atoms with Crippen LogP contribution in [0.3, 0.4) is 0 Å². The number of rotatable bonds is 7. The molecule has 0 aliphatic rings. The molecule has 0 unspecified atom stereocenters. The molecule has 1 N–H and O–H groups in total. The molecule has 3 aromatic carbocycles. The number of aromatic nitrogens is 2. The molecule has 186 valence electrons. The zero-order valence-corrected chi connectivity index (χ0v) is 20.0. The van der Waals surface area contributed by atoms with Crippen molar-refractivity contribution in [1.29, 1.82) is 0 Å². The first-order chi connectivity index (χ1) is 17.1. The lowest BCUT2D eigenvalue weighted by molar-refractivity contribution is -0.137. The summed E-state index contributed by atoms with van der Waals surface area (Å²) in [5, 5.41) is 13.4. The Kier molecular flexibility index (Phi) is 6.88. The first kappa shape index (κ1) is 25.0. The van der Waals surface area contributed by atoms with Gasteiger partial charge in [-0.05, 0) is 71.5 Å². The van der Waals surface area contributed by atoms with Crippen molar-refractivity contribution in [3.63, 3.8) is 0 Å². The fraction of sp³-hybridized carbons (Fsp3) is 0.214. The van der Waals surface area contributed by atoms with Gasteiger partial charge in [0.05, 0.1) is 28.7 Å². The number of para-hydroxylation sites is 1. The summed E-state index contributed by atoms with van der Waals surface area (Å²) in [4.78, 5) is 11.1. The zero-order chi connectivity index (χ0) is 26.0. The Morgan fingerprint density at radius 3 is 2.36 bits per heavy atom. The molecule has 0 amide bonds. The van der Waals surface area contributed by atoms with Crippen LogP contribution in [-0.4, -0.2) is 20.9 Å². The molecule has 4 aromatic rings. The summed E-state index contributed by atoms with van der Waals surface area (Å²) in [6.45, 7) is 5.85. The van der Waals surface area contributed by atoms with Crippen LogP contribution in [-0.2, 0) is 12.8 Å². The second kappa shape index (κ2) is 9.89. The van der Waals surface area contributed by atoms with Crippen LogP contribution >= 0.6 is 0 Å². The maximum Gasteiger partial charge on any atom is 0.418 e. The van der Waals surface area contributed by atoms with Crippen LogP contribution in [0.15, 0.2) is 72.9 Å². The summed E-state index contributed by atoms with van der Waals surface area (Å²) in [6, 6.07) is 17.5. The Morgan fingerprint density at radius 2 is 1.75 bits per heavy atom. The van der Waals surface area contributed by atoms with Crippen molar-refractivity contribution in [2.45, 2.75) is 39.5 Å². The van der Waals surface area contributed by atoms with E-state index in [2.05, 4.69) is 5.10 Å². The van der Waals surface area contributed by atoms with Gasteiger partial charge >= 0.3 is 12.1 Å². The lowest BCUT2D eigenvalue weighted by Crippen LogP contribution is -2.14. The van der Waals surface area contributed by atoms with Crippen LogP contribution in [0.1, 0.15) is 52.5 Å². The van der Waals surface area contributed by atoms with Gasteiger partial charge in [-0.2, -0.15) is 18.3 Å². The second-order valence-corrected chi connectivity index (χ2v) is 8.78. The van der Waals surface area contributed by atoms with Gasteiger partial charge in [-0.15, -0.1) is 0 Å². The summed E-state index contributed by atoms with van der Waals surface area (Å²) in [5.74, 6) is -0.391. The number of ether oxygens (including phenoxy) is 1. The van der Waals surface area contributed by atoms with E-state index in [-0.39, 0.29) is 23.8 Å². The number of carboxylic acid groups (broad SMARTS) is 1. The van der Waals surface area contributed by atoms with E-state index in [1.807, 2.05) is 32.9 Å². The predicted octanol–water partition coefficient (Wildman–Crippen LogP) is 7.27. The minimum absolute atomic E-state index is 0.0335. The average Bonchev–Trinajstić information content (AvgIpc) is 3.26. The van der Waals surface area contributed by atoms with Gasteiger partial charge in [0.2, 0.25) is 0 Å². The molecule has 0 bridgehead atoms. The van der Waals surface area contributed by atoms with Gasteiger partial charge < -0.3 is 9.84 Å². The highest BCUT2D eigenvalue weighted by atomic mass is 19.4. The highest BCUT2D eigenvalue weighted by molar-refractivity contribution is 5.88. The Morgan fingerprint density at radius 1 is 1.06 bits per heavy atom. The number of aromatic carboxylic acids is 1. The molecule has 0 radical (unpaired) electrons. The fourth-order valence-electron chi connectivity index (χ4n) is 4.11. The van der Waals surface area contributed by atoms with Crippen LogP contribution in [0.2, 0.25) is 0 Å². The van der Waals surface area contributed by atoms with E-state index in [1.165, 1.54) is 16.8 Å². The molecular formula is C28H25F3N2O3. The highest BCUT2D eigenvalue weighted by Gasteiger charge is 2.34. The number of hydrogen-bond donors (Lipinski definition) is 1. The maximum absolute atomic E-state index is 13.7. The van der Waals surface area contributed by atoms with Gasteiger partial charge in [0.1, 0.15) is 12.4 Å². The Bertz CT molecular complexity index is 1390. The molecular weight excluding hydrogens is 469 g/mol. The number of carbonyl (C=O) groups is 1. The number of hydrogen-bond acceptors (Lipinski definition) is 3. The molecule has 8 heteroatoms. The molecule has 36 heavy (non-hydrogen) atoms. The summed E-state index contributed by atoms with van der Waals surface area (Å²) in [5.41, 5.74) is 3.45. The van der Waals surface area contributed by atoms with Crippen LogP contribution in [0, 0.1) is 6.92 Å². The standard InChI is InChI=1S/C28H25F3N2O3/c1-17(2)23-15-32-33(25-7-5-4-6-24(25)28(29,30)31)26(23)16-36-21-12-13-22(18(3)14-21)19-8-10-20(11-9-19)27(34)35/h4-15,17H,16H2,1-3H3,(H,34,35). The number of carboxylic acids is 1. The normalized spacial score (nSPS) is 11.6. The molecule has 4 rings (SSSR count). The van der Waals surface area contributed by atoms with Gasteiger partial charge in [-0.1, -0.05) is 44.2 Å². The average molecular weight is 495 g/mol. The summed E-state index contributed by atoms with van der Waals surface area (Å²) < 4.78 is 48.3. The van der Waals surface area contributed by atoms with Gasteiger partial charge in [-0.3, -0.25) is 0 Å². The van der Waals surface area contributed by atoms with Gasteiger partial charge in [0, 0.05) is 0 Å². The summed E-state index contributed by atoms with van der Waals surface area (Å²) >= 11 is 0. The Hall–Kier alpha value is -4.07. The molecule has 0 atom stereocenters. The zero-order valence-electron chi connectivity index (χ0n) is 20.0. The largest absolute Gasteiger partial charge is 0.487 e.